The fourth-order valence-electron chi connectivity index (χ4n) is 2.32. The van der Waals surface area contributed by atoms with Crippen LogP contribution in [0.2, 0.25) is 0 Å². The maximum atomic E-state index is 12.6. The summed E-state index contributed by atoms with van der Waals surface area (Å²) in [5.74, 6) is 0. The van der Waals surface area contributed by atoms with Gasteiger partial charge in [-0.25, -0.2) is 0 Å². The van der Waals surface area contributed by atoms with Crippen molar-refractivity contribution in [3.8, 4) is 6.07 Å². The maximum Gasteiger partial charge on any atom is 0.297 e. The number of hydrogen-bond donors (Lipinski definition) is 0. The number of benzene rings is 2. The van der Waals surface area contributed by atoms with Gasteiger partial charge in [0.05, 0.1) is 16.5 Å². The van der Waals surface area contributed by atoms with Crippen molar-refractivity contribution in [3.63, 3.8) is 0 Å². The minimum Gasteiger partial charge on any atom is -0.258 e. The average molecular weight is 343 g/mol. The molecule has 4 nitrogen and oxygen atoms in total. The summed E-state index contributed by atoms with van der Waals surface area (Å²) in [6.45, 7) is 7.65. The van der Waals surface area contributed by atoms with Crippen molar-refractivity contribution < 1.29 is 12.6 Å². The Bertz CT molecular complexity index is 839. The summed E-state index contributed by atoms with van der Waals surface area (Å²) in [6.07, 6.45) is -0.656. The van der Waals surface area contributed by atoms with Crippen molar-refractivity contribution in [3.05, 3.63) is 65.2 Å². The summed E-state index contributed by atoms with van der Waals surface area (Å²) in [4.78, 5) is 0.135. The smallest absolute Gasteiger partial charge is 0.258 e. The first-order valence-corrected chi connectivity index (χ1v) is 9.04. The third kappa shape index (κ3) is 4.22. The molecule has 0 aliphatic carbocycles. The van der Waals surface area contributed by atoms with E-state index < -0.39 is 21.6 Å². The minimum absolute atomic E-state index is 0.135. The van der Waals surface area contributed by atoms with E-state index in [-0.39, 0.29) is 4.90 Å². The van der Waals surface area contributed by atoms with Crippen LogP contribution in [0.3, 0.4) is 0 Å². The third-order valence-electron chi connectivity index (χ3n) is 3.66. The SMILES string of the molecule is Cc1ccc(S(=O)(=O)OC(c2ccc(C#N)cc2)C(C)(C)C)cc1. The van der Waals surface area contributed by atoms with Crippen LogP contribution in [0.4, 0.5) is 0 Å². The molecule has 0 bridgehead atoms. The van der Waals surface area contributed by atoms with Crippen LogP contribution in [-0.4, -0.2) is 8.42 Å². The van der Waals surface area contributed by atoms with Gasteiger partial charge in [-0.1, -0.05) is 50.6 Å². The molecule has 0 spiro atoms. The van der Waals surface area contributed by atoms with Crippen LogP contribution in [0.5, 0.6) is 0 Å². The summed E-state index contributed by atoms with van der Waals surface area (Å²) in [7, 11) is -3.89. The van der Waals surface area contributed by atoms with E-state index in [2.05, 4.69) is 6.07 Å². The molecule has 0 heterocycles. The zero-order chi connectivity index (χ0) is 18.0. The quantitative estimate of drug-likeness (QED) is 0.774. The summed E-state index contributed by atoms with van der Waals surface area (Å²) in [5.41, 5.74) is 1.78. The first-order valence-electron chi connectivity index (χ1n) is 7.63. The normalized spacial score (nSPS) is 13.3. The highest BCUT2D eigenvalue weighted by molar-refractivity contribution is 7.86. The highest BCUT2D eigenvalue weighted by Gasteiger charge is 2.32. The van der Waals surface area contributed by atoms with Crippen LogP contribution in [-0.2, 0) is 14.3 Å². The highest BCUT2D eigenvalue weighted by atomic mass is 32.2. The maximum absolute atomic E-state index is 12.6. The van der Waals surface area contributed by atoms with Gasteiger partial charge in [0.25, 0.3) is 10.1 Å². The van der Waals surface area contributed by atoms with E-state index in [0.29, 0.717) is 5.56 Å². The number of rotatable bonds is 4. The monoisotopic (exact) mass is 343 g/mol. The Balaban J connectivity index is 2.39. The van der Waals surface area contributed by atoms with Crippen LogP contribution in [0.1, 0.15) is 43.6 Å². The predicted octanol–water partition coefficient (Wildman–Crippen LogP) is 4.36. The lowest BCUT2D eigenvalue weighted by Crippen LogP contribution is -2.24. The lowest BCUT2D eigenvalue weighted by atomic mass is 9.85. The lowest BCUT2D eigenvalue weighted by Gasteiger charge is -2.30. The van der Waals surface area contributed by atoms with Crippen molar-refractivity contribution in [1.29, 1.82) is 5.26 Å². The Morgan fingerprint density at radius 2 is 1.54 bits per heavy atom. The molecule has 0 amide bonds. The molecule has 0 aliphatic heterocycles. The van der Waals surface area contributed by atoms with E-state index in [0.717, 1.165) is 11.1 Å². The first-order chi connectivity index (χ1) is 11.1. The van der Waals surface area contributed by atoms with E-state index in [4.69, 9.17) is 9.44 Å². The Morgan fingerprint density at radius 3 is 2.00 bits per heavy atom. The molecule has 0 saturated carbocycles. The van der Waals surface area contributed by atoms with Gasteiger partial charge in [-0.2, -0.15) is 13.7 Å². The standard InChI is InChI=1S/C19H21NO3S/c1-14-5-11-17(12-6-14)24(21,22)23-18(19(2,3)4)16-9-7-15(13-20)8-10-16/h5-12,18H,1-4H3. The molecule has 2 aromatic rings. The zero-order valence-corrected chi connectivity index (χ0v) is 15.1. The zero-order valence-electron chi connectivity index (χ0n) is 14.3. The molecule has 5 heteroatoms. The van der Waals surface area contributed by atoms with Crippen LogP contribution < -0.4 is 0 Å². The lowest BCUT2D eigenvalue weighted by molar-refractivity contribution is 0.0934. The molecule has 0 aliphatic rings. The minimum atomic E-state index is -3.89. The number of nitrogens with zero attached hydrogens (tertiary/aromatic N) is 1. The molecule has 0 saturated heterocycles. The van der Waals surface area contributed by atoms with Crippen molar-refractivity contribution in [2.24, 2.45) is 5.41 Å². The predicted molar refractivity (Wildman–Crippen MR) is 92.8 cm³/mol. The van der Waals surface area contributed by atoms with Crippen molar-refractivity contribution >= 4 is 10.1 Å². The van der Waals surface area contributed by atoms with E-state index in [1.54, 1.807) is 48.5 Å². The molecule has 0 aromatic heterocycles. The van der Waals surface area contributed by atoms with Gasteiger partial charge in [0.2, 0.25) is 0 Å². The Labute approximate surface area is 143 Å². The van der Waals surface area contributed by atoms with Gasteiger partial charge in [-0.15, -0.1) is 0 Å². The summed E-state index contributed by atoms with van der Waals surface area (Å²) in [5, 5.41) is 8.91. The average Bonchev–Trinajstić information content (AvgIpc) is 2.52. The number of hydrogen-bond acceptors (Lipinski definition) is 4. The van der Waals surface area contributed by atoms with Gasteiger partial charge < -0.3 is 0 Å². The third-order valence-corrected chi connectivity index (χ3v) is 4.96. The van der Waals surface area contributed by atoms with Gasteiger partial charge >= 0.3 is 0 Å². The van der Waals surface area contributed by atoms with Crippen molar-refractivity contribution in [2.75, 3.05) is 0 Å². The first kappa shape index (κ1) is 18.2. The fraction of sp³-hybridized carbons (Fsp3) is 0.316. The van der Waals surface area contributed by atoms with Crippen molar-refractivity contribution in [1.82, 2.24) is 0 Å². The van der Waals surface area contributed by atoms with E-state index in [9.17, 15) is 8.42 Å². The van der Waals surface area contributed by atoms with Gasteiger partial charge in [0.15, 0.2) is 0 Å². The second-order valence-corrected chi connectivity index (χ2v) is 8.42. The molecular formula is C19H21NO3S. The van der Waals surface area contributed by atoms with Gasteiger partial charge in [-0.3, -0.25) is 4.18 Å². The largest absolute Gasteiger partial charge is 0.297 e. The Kier molecular flexibility index (Phi) is 5.12. The molecule has 1 atom stereocenters. The Hall–Kier alpha value is -2.16. The van der Waals surface area contributed by atoms with Crippen LogP contribution in [0, 0.1) is 23.7 Å². The van der Waals surface area contributed by atoms with E-state index in [1.807, 2.05) is 27.7 Å². The molecule has 2 aromatic carbocycles. The second kappa shape index (κ2) is 6.76. The van der Waals surface area contributed by atoms with E-state index >= 15 is 0 Å². The molecule has 0 radical (unpaired) electrons. The summed E-state index contributed by atoms with van der Waals surface area (Å²) < 4.78 is 30.8. The van der Waals surface area contributed by atoms with Crippen LogP contribution in [0.15, 0.2) is 53.4 Å². The molecule has 1 unspecified atom stereocenters. The fourth-order valence-corrected chi connectivity index (χ4v) is 3.55. The van der Waals surface area contributed by atoms with Crippen LogP contribution in [0.25, 0.3) is 0 Å². The molecule has 126 valence electrons. The van der Waals surface area contributed by atoms with Gasteiger partial charge in [-0.05, 0) is 42.2 Å². The molecular weight excluding hydrogens is 322 g/mol. The molecule has 0 fully saturated rings. The Morgan fingerprint density at radius 1 is 1.00 bits per heavy atom. The van der Waals surface area contributed by atoms with E-state index in [1.165, 1.54) is 0 Å². The van der Waals surface area contributed by atoms with Crippen molar-refractivity contribution in [2.45, 2.75) is 38.7 Å². The second-order valence-electron chi connectivity index (χ2n) is 6.84. The molecule has 24 heavy (non-hydrogen) atoms. The summed E-state index contributed by atoms with van der Waals surface area (Å²) >= 11 is 0. The number of nitriles is 1. The number of aryl methyl sites for hydroxylation is 1. The van der Waals surface area contributed by atoms with Gasteiger partial charge in [0.1, 0.15) is 6.10 Å². The van der Waals surface area contributed by atoms with Crippen LogP contribution >= 0.6 is 0 Å². The highest BCUT2D eigenvalue weighted by Crippen LogP contribution is 2.38. The topological polar surface area (TPSA) is 67.2 Å². The summed E-state index contributed by atoms with van der Waals surface area (Å²) in [6, 6.07) is 15.4. The molecule has 0 N–H and O–H groups in total. The molecule has 2 rings (SSSR count). The van der Waals surface area contributed by atoms with Gasteiger partial charge in [0, 0.05) is 0 Å².